The van der Waals surface area contributed by atoms with E-state index in [4.69, 9.17) is 4.42 Å². The van der Waals surface area contributed by atoms with Crippen LogP contribution in [0.25, 0.3) is 33.5 Å². The zero-order valence-electron chi connectivity index (χ0n) is 13.8. The molecule has 0 saturated carbocycles. The molecule has 4 aromatic rings. The molecule has 3 aromatic heterocycles. The molecule has 4 heteroatoms. The lowest BCUT2D eigenvalue weighted by molar-refractivity contribution is 0.0908. The summed E-state index contributed by atoms with van der Waals surface area (Å²) < 4.78 is 8.18. The maximum Gasteiger partial charge on any atom is 0.175 e. The van der Waals surface area contributed by atoms with E-state index >= 15 is 0 Å². The fourth-order valence-corrected chi connectivity index (χ4v) is 4.02. The third kappa shape index (κ3) is 1.39. The first-order chi connectivity index (χ1) is 11.5. The van der Waals surface area contributed by atoms with Crippen LogP contribution in [0.1, 0.15) is 29.8 Å². The van der Waals surface area contributed by atoms with Gasteiger partial charge in [0.2, 0.25) is 0 Å². The van der Waals surface area contributed by atoms with Gasteiger partial charge >= 0.3 is 0 Å². The fraction of sp³-hybridized carbons (Fsp3) is 0.200. The lowest BCUT2D eigenvalue weighted by Gasteiger charge is -2.28. The third-order valence-corrected chi connectivity index (χ3v) is 5.18. The van der Waals surface area contributed by atoms with Crippen LogP contribution >= 0.6 is 0 Å². The van der Waals surface area contributed by atoms with Gasteiger partial charge in [-0.3, -0.25) is 4.79 Å². The van der Waals surface area contributed by atoms with Crippen molar-refractivity contribution in [2.45, 2.75) is 19.3 Å². The van der Waals surface area contributed by atoms with Crippen LogP contribution in [0, 0.1) is 0 Å². The standard InChI is InChI=1S/C20H16N2O2/c1-20(2)15-11-7-4-5-9-13(11)24-17(15)16-14(18(20)23)12-8-6-10-21-19(12)22(16)3/h4-10H,1-3H3. The van der Waals surface area contributed by atoms with E-state index < -0.39 is 5.41 Å². The van der Waals surface area contributed by atoms with E-state index in [1.165, 1.54) is 0 Å². The van der Waals surface area contributed by atoms with Crippen LogP contribution < -0.4 is 0 Å². The second kappa shape index (κ2) is 4.15. The highest BCUT2D eigenvalue weighted by atomic mass is 16.3. The quantitative estimate of drug-likeness (QED) is 0.481. The van der Waals surface area contributed by atoms with Gasteiger partial charge in [-0.25, -0.2) is 4.98 Å². The van der Waals surface area contributed by atoms with Crippen molar-refractivity contribution >= 4 is 27.8 Å². The van der Waals surface area contributed by atoms with Gasteiger partial charge in [-0.2, -0.15) is 0 Å². The highest BCUT2D eigenvalue weighted by Gasteiger charge is 2.45. The minimum Gasteiger partial charge on any atom is -0.454 e. The molecule has 0 N–H and O–H groups in total. The molecule has 5 rings (SSSR count). The lowest BCUT2D eigenvalue weighted by atomic mass is 9.72. The minimum atomic E-state index is -0.640. The van der Waals surface area contributed by atoms with Crippen molar-refractivity contribution < 1.29 is 9.21 Å². The highest BCUT2D eigenvalue weighted by molar-refractivity contribution is 6.21. The van der Waals surface area contributed by atoms with Crippen molar-refractivity contribution in [3.63, 3.8) is 0 Å². The van der Waals surface area contributed by atoms with E-state index in [2.05, 4.69) is 4.98 Å². The number of nitrogens with zero attached hydrogens (tertiary/aromatic N) is 2. The summed E-state index contributed by atoms with van der Waals surface area (Å²) in [5.41, 5.74) is 3.51. The Morgan fingerprint density at radius 2 is 1.83 bits per heavy atom. The Balaban J connectivity index is 2.05. The number of carbonyl (C=O) groups is 1. The largest absolute Gasteiger partial charge is 0.454 e. The van der Waals surface area contributed by atoms with Crippen LogP contribution in [0.5, 0.6) is 0 Å². The van der Waals surface area contributed by atoms with Gasteiger partial charge in [0.05, 0.1) is 16.7 Å². The van der Waals surface area contributed by atoms with E-state index in [0.29, 0.717) is 0 Å². The number of benzene rings is 1. The molecule has 0 aliphatic heterocycles. The number of rotatable bonds is 0. The number of pyridine rings is 1. The smallest absolute Gasteiger partial charge is 0.175 e. The average Bonchev–Trinajstić information content (AvgIpc) is 3.10. The molecule has 0 unspecified atom stereocenters. The lowest BCUT2D eigenvalue weighted by Crippen LogP contribution is -2.33. The first-order valence-corrected chi connectivity index (χ1v) is 8.02. The van der Waals surface area contributed by atoms with E-state index in [1.807, 2.05) is 61.9 Å². The average molecular weight is 316 g/mol. The van der Waals surface area contributed by atoms with E-state index in [9.17, 15) is 4.79 Å². The van der Waals surface area contributed by atoms with E-state index in [0.717, 1.165) is 44.6 Å². The molecular formula is C20H16N2O2. The maximum absolute atomic E-state index is 13.4. The number of ketones is 1. The van der Waals surface area contributed by atoms with Gasteiger partial charge in [-0.1, -0.05) is 18.2 Å². The van der Waals surface area contributed by atoms with Crippen LogP contribution in [0.4, 0.5) is 0 Å². The molecular weight excluding hydrogens is 300 g/mol. The molecule has 0 bridgehead atoms. The van der Waals surface area contributed by atoms with Crippen molar-refractivity contribution in [3.05, 3.63) is 53.7 Å². The van der Waals surface area contributed by atoms with Gasteiger partial charge in [0.15, 0.2) is 11.5 Å². The van der Waals surface area contributed by atoms with Crippen LogP contribution in [0.15, 0.2) is 47.0 Å². The summed E-state index contributed by atoms with van der Waals surface area (Å²) in [6, 6.07) is 11.8. The van der Waals surface area contributed by atoms with E-state index in [-0.39, 0.29) is 5.78 Å². The number of carbonyl (C=O) groups excluding carboxylic acids is 1. The number of hydrogen-bond acceptors (Lipinski definition) is 3. The molecule has 1 aliphatic carbocycles. The minimum absolute atomic E-state index is 0.121. The summed E-state index contributed by atoms with van der Waals surface area (Å²) in [4.78, 5) is 17.9. The Labute approximate surface area is 138 Å². The number of Topliss-reactive ketones (excluding diaryl/α,β-unsaturated/α-hetero) is 1. The summed E-state index contributed by atoms with van der Waals surface area (Å²) in [6.45, 7) is 3.96. The molecule has 4 nitrogen and oxygen atoms in total. The fourth-order valence-electron chi connectivity index (χ4n) is 4.02. The van der Waals surface area contributed by atoms with Crippen molar-refractivity contribution in [1.29, 1.82) is 0 Å². The summed E-state index contributed by atoms with van der Waals surface area (Å²) >= 11 is 0. The molecule has 3 heterocycles. The predicted octanol–water partition coefficient (Wildman–Crippen LogP) is 4.46. The number of fused-ring (bicyclic) bond motifs is 7. The van der Waals surface area contributed by atoms with Gasteiger partial charge in [-0.15, -0.1) is 0 Å². The Morgan fingerprint density at radius 1 is 1.08 bits per heavy atom. The number of aryl methyl sites for hydroxylation is 1. The molecule has 118 valence electrons. The molecule has 1 aliphatic rings. The number of aromatic nitrogens is 2. The summed E-state index contributed by atoms with van der Waals surface area (Å²) in [5, 5.41) is 1.90. The molecule has 24 heavy (non-hydrogen) atoms. The van der Waals surface area contributed by atoms with Gasteiger partial charge in [0.1, 0.15) is 11.2 Å². The molecule has 0 atom stereocenters. The van der Waals surface area contributed by atoms with Gasteiger partial charge < -0.3 is 8.98 Å². The number of para-hydroxylation sites is 1. The third-order valence-electron chi connectivity index (χ3n) is 5.18. The Bertz CT molecular complexity index is 1160. The van der Waals surface area contributed by atoms with Crippen LogP contribution in [-0.2, 0) is 12.5 Å². The van der Waals surface area contributed by atoms with Gasteiger partial charge in [0.25, 0.3) is 0 Å². The predicted molar refractivity (Wildman–Crippen MR) is 93.3 cm³/mol. The Morgan fingerprint density at radius 3 is 2.67 bits per heavy atom. The van der Waals surface area contributed by atoms with Crippen molar-refractivity contribution in [2.24, 2.45) is 7.05 Å². The van der Waals surface area contributed by atoms with Crippen molar-refractivity contribution in [1.82, 2.24) is 9.55 Å². The Hall–Kier alpha value is -2.88. The monoisotopic (exact) mass is 316 g/mol. The second-order valence-corrected chi connectivity index (χ2v) is 6.91. The van der Waals surface area contributed by atoms with Crippen LogP contribution in [0.2, 0.25) is 0 Å². The molecule has 0 radical (unpaired) electrons. The molecule has 0 amide bonds. The Kier molecular flexibility index (Phi) is 2.34. The van der Waals surface area contributed by atoms with E-state index in [1.54, 1.807) is 6.20 Å². The SMILES string of the molecule is Cn1c2c(c3cccnc31)C(=O)C(C)(C)c1c-2oc2ccccc12. The topological polar surface area (TPSA) is 48.0 Å². The first kappa shape index (κ1) is 13.5. The maximum atomic E-state index is 13.4. The summed E-state index contributed by atoms with van der Waals surface area (Å²) in [5.74, 6) is 0.909. The van der Waals surface area contributed by atoms with Crippen molar-refractivity contribution in [2.75, 3.05) is 0 Å². The number of hydrogen-bond donors (Lipinski definition) is 0. The zero-order chi connectivity index (χ0) is 16.6. The van der Waals surface area contributed by atoms with Crippen LogP contribution in [0.3, 0.4) is 0 Å². The summed E-state index contributed by atoms with van der Waals surface area (Å²) in [7, 11) is 1.94. The number of furan rings is 1. The second-order valence-electron chi connectivity index (χ2n) is 6.91. The normalized spacial score (nSPS) is 15.7. The van der Waals surface area contributed by atoms with Crippen molar-refractivity contribution in [3.8, 4) is 11.5 Å². The van der Waals surface area contributed by atoms with Gasteiger partial charge in [0, 0.05) is 29.6 Å². The molecule has 0 spiro atoms. The first-order valence-electron chi connectivity index (χ1n) is 8.02. The molecule has 0 fully saturated rings. The van der Waals surface area contributed by atoms with Gasteiger partial charge in [-0.05, 0) is 32.0 Å². The van der Waals surface area contributed by atoms with Crippen LogP contribution in [-0.4, -0.2) is 15.3 Å². The molecule has 0 saturated heterocycles. The zero-order valence-corrected chi connectivity index (χ0v) is 13.8. The molecule has 1 aromatic carbocycles. The highest BCUT2D eigenvalue weighted by Crippen LogP contribution is 2.50. The summed E-state index contributed by atoms with van der Waals surface area (Å²) in [6.07, 6.45) is 1.75.